The first-order valence-electron chi connectivity index (χ1n) is 9.86. The highest BCUT2D eigenvalue weighted by Crippen LogP contribution is 2.33. The lowest BCUT2D eigenvalue weighted by molar-refractivity contribution is -0.136. The van der Waals surface area contributed by atoms with Crippen molar-refractivity contribution in [3.8, 4) is 11.5 Å². The van der Waals surface area contributed by atoms with Crippen LogP contribution in [0.5, 0.6) is 11.5 Å². The summed E-state index contributed by atoms with van der Waals surface area (Å²) in [5, 5.41) is 12.6. The fourth-order valence-electron chi connectivity index (χ4n) is 2.98. The lowest BCUT2D eigenvalue weighted by atomic mass is 10.1. The fourth-order valence-corrected chi connectivity index (χ4v) is 3.99. The molecular weight excluding hydrogens is 416 g/mol. The molecule has 1 heterocycles. The number of rotatable bonds is 10. The van der Waals surface area contributed by atoms with Crippen molar-refractivity contribution < 1.29 is 24.2 Å². The van der Waals surface area contributed by atoms with Crippen LogP contribution < -0.4 is 14.8 Å². The maximum absolute atomic E-state index is 11.6. The molecule has 0 saturated carbocycles. The number of carbonyl (C=O) groups is 2. The summed E-state index contributed by atoms with van der Waals surface area (Å²) in [5.74, 6) is -0.128. The molecule has 0 aliphatic heterocycles. The molecule has 8 heteroatoms. The molecule has 3 rings (SSSR count). The Balaban J connectivity index is 1.89. The largest absolute Gasteiger partial charge is 0.493 e. The summed E-state index contributed by atoms with van der Waals surface area (Å²) in [6, 6.07) is 13.2. The number of aliphatic carboxylic acids is 1. The molecule has 0 spiro atoms. The molecule has 0 unspecified atom stereocenters. The van der Waals surface area contributed by atoms with Gasteiger partial charge in [0.2, 0.25) is 0 Å². The highest BCUT2D eigenvalue weighted by Gasteiger charge is 2.13. The molecule has 0 atom stereocenters. The van der Waals surface area contributed by atoms with Gasteiger partial charge >= 0.3 is 5.97 Å². The Morgan fingerprint density at radius 2 is 1.97 bits per heavy atom. The SMILES string of the molecule is CCNC(=O)COc1ccc(/C=C(/CCC(=O)O)c2nc3ccccc3s2)cc1OC. The van der Waals surface area contributed by atoms with Crippen LogP contribution in [0.2, 0.25) is 0 Å². The third kappa shape index (κ3) is 6.05. The second-order valence-corrected chi connectivity index (χ2v) is 7.73. The lowest BCUT2D eigenvalue weighted by Gasteiger charge is -2.11. The van der Waals surface area contributed by atoms with Crippen molar-refractivity contribution in [1.82, 2.24) is 10.3 Å². The first-order valence-corrected chi connectivity index (χ1v) is 10.7. The number of fused-ring (bicyclic) bond motifs is 1. The minimum Gasteiger partial charge on any atom is -0.493 e. The third-order valence-electron chi connectivity index (χ3n) is 4.44. The number of carboxylic acid groups (broad SMARTS) is 1. The average Bonchev–Trinajstić information content (AvgIpc) is 3.19. The Morgan fingerprint density at radius 1 is 1.16 bits per heavy atom. The molecule has 0 aliphatic carbocycles. The normalized spacial score (nSPS) is 11.4. The highest BCUT2D eigenvalue weighted by atomic mass is 32.1. The number of nitrogens with zero attached hydrogens (tertiary/aromatic N) is 1. The number of thiazole rings is 1. The first-order chi connectivity index (χ1) is 15.0. The molecule has 0 bridgehead atoms. The summed E-state index contributed by atoms with van der Waals surface area (Å²) in [6.45, 7) is 2.27. The van der Waals surface area contributed by atoms with Crippen molar-refractivity contribution in [2.24, 2.45) is 0 Å². The molecular formula is C23H24N2O5S. The van der Waals surface area contributed by atoms with Gasteiger partial charge in [0.05, 0.1) is 17.3 Å². The van der Waals surface area contributed by atoms with E-state index in [1.807, 2.05) is 43.3 Å². The van der Waals surface area contributed by atoms with Crippen molar-refractivity contribution in [3.63, 3.8) is 0 Å². The van der Waals surface area contributed by atoms with E-state index in [-0.39, 0.29) is 18.9 Å². The zero-order valence-corrected chi connectivity index (χ0v) is 18.2. The summed E-state index contributed by atoms with van der Waals surface area (Å²) in [6.07, 6.45) is 2.27. The number of para-hydroxylation sites is 1. The summed E-state index contributed by atoms with van der Waals surface area (Å²) in [4.78, 5) is 27.5. The lowest BCUT2D eigenvalue weighted by Crippen LogP contribution is -2.28. The first kappa shape index (κ1) is 22.3. The highest BCUT2D eigenvalue weighted by molar-refractivity contribution is 7.19. The Morgan fingerprint density at radius 3 is 2.68 bits per heavy atom. The summed E-state index contributed by atoms with van der Waals surface area (Å²) in [5.41, 5.74) is 2.54. The number of nitrogens with one attached hydrogen (secondary N) is 1. The zero-order valence-electron chi connectivity index (χ0n) is 17.4. The number of amides is 1. The van der Waals surface area contributed by atoms with Gasteiger partial charge in [0.1, 0.15) is 5.01 Å². The van der Waals surface area contributed by atoms with Gasteiger partial charge in [-0.1, -0.05) is 18.2 Å². The van der Waals surface area contributed by atoms with Gasteiger partial charge in [-0.2, -0.15) is 0 Å². The van der Waals surface area contributed by atoms with Crippen LogP contribution in [0.1, 0.15) is 30.3 Å². The minimum atomic E-state index is -0.862. The Labute approximate surface area is 184 Å². The predicted molar refractivity (Wildman–Crippen MR) is 122 cm³/mol. The van der Waals surface area contributed by atoms with Crippen LogP contribution in [0, 0.1) is 0 Å². The van der Waals surface area contributed by atoms with Gasteiger partial charge in [-0.15, -0.1) is 11.3 Å². The van der Waals surface area contributed by atoms with Gasteiger partial charge in [-0.25, -0.2) is 4.98 Å². The fraction of sp³-hybridized carbons (Fsp3) is 0.261. The van der Waals surface area contributed by atoms with Gasteiger partial charge in [0, 0.05) is 13.0 Å². The van der Waals surface area contributed by atoms with Crippen LogP contribution in [0.15, 0.2) is 42.5 Å². The molecule has 0 radical (unpaired) electrons. The third-order valence-corrected chi connectivity index (χ3v) is 5.55. The van der Waals surface area contributed by atoms with Crippen LogP contribution in [0.4, 0.5) is 0 Å². The molecule has 0 saturated heterocycles. The van der Waals surface area contributed by atoms with Crippen LogP contribution in [-0.2, 0) is 9.59 Å². The molecule has 162 valence electrons. The molecule has 2 N–H and O–H groups in total. The van der Waals surface area contributed by atoms with Crippen molar-refractivity contribution in [2.75, 3.05) is 20.3 Å². The summed E-state index contributed by atoms with van der Waals surface area (Å²) < 4.78 is 12.0. The van der Waals surface area contributed by atoms with E-state index in [1.165, 1.54) is 18.4 Å². The number of carbonyl (C=O) groups excluding carboxylic acids is 1. The van der Waals surface area contributed by atoms with Crippen LogP contribution in [0.3, 0.4) is 0 Å². The van der Waals surface area contributed by atoms with Gasteiger partial charge in [0.25, 0.3) is 5.91 Å². The quantitative estimate of drug-likeness (QED) is 0.490. The monoisotopic (exact) mass is 440 g/mol. The van der Waals surface area contributed by atoms with E-state index in [4.69, 9.17) is 14.6 Å². The number of ether oxygens (including phenoxy) is 2. The Bertz CT molecular complexity index is 1070. The van der Waals surface area contributed by atoms with Crippen LogP contribution in [-0.4, -0.2) is 42.2 Å². The molecule has 31 heavy (non-hydrogen) atoms. The number of carboxylic acids is 1. The van der Waals surface area contributed by atoms with E-state index >= 15 is 0 Å². The maximum Gasteiger partial charge on any atom is 0.303 e. The molecule has 7 nitrogen and oxygen atoms in total. The zero-order chi connectivity index (χ0) is 22.2. The standard InChI is InChI=1S/C23H24N2O5S/c1-3-24-21(26)14-30-18-10-8-15(13-19(18)29-2)12-16(9-11-22(27)28)23-25-17-6-4-5-7-20(17)31-23/h4-8,10,12-13H,3,9,11,14H2,1-2H3,(H,24,26)(H,27,28)/b16-12-. The van der Waals surface area contributed by atoms with Gasteiger partial charge in [-0.3, -0.25) is 9.59 Å². The molecule has 2 aromatic carbocycles. The van der Waals surface area contributed by atoms with E-state index in [2.05, 4.69) is 10.3 Å². The van der Waals surface area contributed by atoms with E-state index in [9.17, 15) is 9.59 Å². The topological polar surface area (TPSA) is 97.8 Å². The number of benzene rings is 2. The van der Waals surface area contributed by atoms with Crippen LogP contribution in [0.25, 0.3) is 21.9 Å². The number of aromatic nitrogens is 1. The molecule has 0 aliphatic rings. The minimum absolute atomic E-state index is 0.00658. The maximum atomic E-state index is 11.6. The predicted octanol–water partition coefficient (Wildman–Crippen LogP) is 4.23. The number of hydrogen-bond donors (Lipinski definition) is 2. The summed E-state index contributed by atoms with van der Waals surface area (Å²) >= 11 is 1.53. The second-order valence-electron chi connectivity index (χ2n) is 6.70. The van der Waals surface area contributed by atoms with Crippen molar-refractivity contribution in [3.05, 3.63) is 53.0 Å². The number of likely N-dealkylation sites (N-methyl/N-ethyl adjacent to an activating group) is 1. The molecule has 1 amide bonds. The smallest absolute Gasteiger partial charge is 0.303 e. The van der Waals surface area contributed by atoms with E-state index < -0.39 is 5.97 Å². The molecule has 3 aromatic rings. The number of methoxy groups -OCH3 is 1. The summed E-state index contributed by atoms with van der Waals surface area (Å²) in [7, 11) is 1.53. The van der Waals surface area contributed by atoms with Gasteiger partial charge in [-0.05, 0) is 54.8 Å². The van der Waals surface area contributed by atoms with Crippen molar-refractivity contribution >= 4 is 45.1 Å². The van der Waals surface area contributed by atoms with Crippen molar-refractivity contribution in [1.29, 1.82) is 0 Å². The van der Waals surface area contributed by atoms with Crippen molar-refractivity contribution in [2.45, 2.75) is 19.8 Å². The van der Waals surface area contributed by atoms with Crippen LogP contribution >= 0.6 is 11.3 Å². The Kier molecular flexibility index (Phi) is 7.61. The van der Waals surface area contributed by atoms with E-state index in [1.54, 1.807) is 12.1 Å². The van der Waals surface area contributed by atoms with E-state index in [0.29, 0.717) is 24.5 Å². The molecule has 0 fully saturated rings. The van der Waals surface area contributed by atoms with Gasteiger partial charge < -0.3 is 19.9 Å². The number of allylic oxidation sites excluding steroid dienone is 1. The Hall–Kier alpha value is -3.39. The second kappa shape index (κ2) is 10.6. The van der Waals surface area contributed by atoms with E-state index in [0.717, 1.165) is 26.4 Å². The van der Waals surface area contributed by atoms with Gasteiger partial charge in [0.15, 0.2) is 18.1 Å². The molecule has 1 aromatic heterocycles. The number of hydrogen-bond acceptors (Lipinski definition) is 6. The average molecular weight is 441 g/mol.